The summed E-state index contributed by atoms with van der Waals surface area (Å²) in [6.07, 6.45) is 5.53. The van der Waals surface area contributed by atoms with Crippen molar-refractivity contribution in [2.24, 2.45) is 5.10 Å². The molecule has 0 bridgehead atoms. The predicted molar refractivity (Wildman–Crippen MR) is 109 cm³/mol. The number of ether oxygens (including phenoxy) is 1. The van der Waals surface area contributed by atoms with Gasteiger partial charge in [0.25, 0.3) is 0 Å². The van der Waals surface area contributed by atoms with Crippen LogP contribution in [0, 0.1) is 0 Å². The smallest absolute Gasteiger partial charge is 0.244 e. The number of nitrogens with one attached hydrogen (secondary N) is 2. The topological polar surface area (TPSA) is 66.5 Å². The number of halogens is 2. The number of aromatic nitrogens is 1. The monoisotopic (exact) mass is 399 g/mol. The van der Waals surface area contributed by atoms with Gasteiger partial charge in [-0.3, -0.25) is 4.79 Å². The molecule has 1 aliphatic heterocycles. The second-order valence-electron chi connectivity index (χ2n) is 6.14. The van der Waals surface area contributed by atoms with E-state index in [0.717, 1.165) is 27.6 Å². The van der Waals surface area contributed by atoms with Gasteiger partial charge in [0.05, 0.1) is 17.7 Å². The number of H-pyrrole nitrogens is 1. The van der Waals surface area contributed by atoms with Crippen molar-refractivity contribution in [3.05, 3.63) is 69.3 Å². The summed E-state index contributed by atoms with van der Waals surface area (Å²) in [6, 6.07) is 11.3. The summed E-state index contributed by atoms with van der Waals surface area (Å²) in [7, 11) is 0. The molecule has 2 aromatic carbocycles. The van der Waals surface area contributed by atoms with Gasteiger partial charge in [-0.1, -0.05) is 41.4 Å². The molecule has 4 rings (SSSR count). The lowest BCUT2D eigenvalue weighted by molar-refractivity contribution is -0.120. The maximum atomic E-state index is 12.2. The molecule has 0 atom stereocenters. The number of hydrogen-bond acceptors (Lipinski definition) is 3. The summed E-state index contributed by atoms with van der Waals surface area (Å²) in [4.78, 5) is 15.3. The van der Waals surface area contributed by atoms with Crippen LogP contribution in [0.4, 0.5) is 0 Å². The predicted octanol–water partition coefficient (Wildman–Crippen LogP) is 4.60. The Morgan fingerprint density at radius 2 is 2.15 bits per heavy atom. The van der Waals surface area contributed by atoms with Crippen LogP contribution in [0.3, 0.4) is 0 Å². The molecule has 0 saturated heterocycles. The minimum Gasteiger partial charge on any atom is -0.487 e. The first-order chi connectivity index (χ1) is 13.1. The third-order valence-corrected chi connectivity index (χ3v) is 4.71. The molecule has 1 aromatic heterocycles. The van der Waals surface area contributed by atoms with Gasteiger partial charge < -0.3 is 9.72 Å². The van der Waals surface area contributed by atoms with E-state index in [9.17, 15) is 4.79 Å². The van der Waals surface area contributed by atoms with Crippen LogP contribution in [0.25, 0.3) is 17.0 Å². The molecule has 0 radical (unpaired) electrons. The molecular weight excluding hydrogens is 385 g/mol. The van der Waals surface area contributed by atoms with Crippen molar-refractivity contribution in [1.82, 2.24) is 10.4 Å². The highest BCUT2D eigenvalue weighted by molar-refractivity contribution is 6.36. The van der Waals surface area contributed by atoms with Crippen LogP contribution < -0.4 is 10.2 Å². The van der Waals surface area contributed by atoms with Gasteiger partial charge in [-0.2, -0.15) is 5.10 Å². The first-order valence-corrected chi connectivity index (χ1v) is 9.05. The standard InChI is InChI=1S/C20H15Cl2N3O2/c21-15-6-13-5-12(11-27-20(13)17(22)8-15)9-24-25-19(26)7-14-10-23-18-4-2-1-3-16(14)18/h1-6,8-10,23H,7,11H2,(H,25,26)/b24-9+. The van der Waals surface area contributed by atoms with Gasteiger partial charge >= 0.3 is 0 Å². The zero-order valence-electron chi connectivity index (χ0n) is 14.1. The van der Waals surface area contributed by atoms with Gasteiger partial charge in [0.15, 0.2) is 0 Å². The third kappa shape index (κ3) is 3.84. The molecule has 5 nitrogen and oxygen atoms in total. The Labute approximate surface area is 165 Å². The molecule has 1 amide bonds. The summed E-state index contributed by atoms with van der Waals surface area (Å²) in [5, 5.41) is 6.06. The molecule has 136 valence electrons. The van der Waals surface area contributed by atoms with Crippen molar-refractivity contribution >= 4 is 52.3 Å². The van der Waals surface area contributed by atoms with E-state index in [2.05, 4.69) is 15.5 Å². The van der Waals surface area contributed by atoms with Crippen LogP contribution in [0.15, 0.2) is 53.3 Å². The first kappa shape index (κ1) is 17.6. The summed E-state index contributed by atoms with van der Waals surface area (Å²) in [5.41, 5.74) is 6.06. The van der Waals surface area contributed by atoms with Crippen LogP contribution in [-0.2, 0) is 11.2 Å². The number of benzene rings is 2. The SMILES string of the molecule is O=C(Cc1c[nH]c2ccccc12)N/N=C/C1=Cc2cc(Cl)cc(Cl)c2OC1. The molecule has 0 aliphatic carbocycles. The summed E-state index contributed by atoms with van der Waals surface area (Å²) in [5.74, 6) is 0.404. The lowest BCUT2D eigenvalue weighted by Gasteiger charge is -2.17. The Kier molecular flexibility index (Phi) is 4.88. The molecule has 2 heterocycles. The van der Waals surface area contributed by atoms with Crippen LogP contribution in [0.2, 0.25) is 10.0 Å². The van der Waals surface area contributed by atoms with Crippen LogP contribution in [-0.4, -0.2) is 23.7 Å². The van der Waals surface area contributed by atoms with E-state index in [0.29, 0.717) is 22.4 Å². The molecule has 0 saturated carbocycles. The largest absolute Gasteiger partial charge is 0.487 e. The van der Waals surface area contributed by atoms with Crippen molar-refractivity contribution in [1.29, 1.82) is 0 Å². The number of fused-ring (bicyclic) bond motifs is 2. The number of hydrogen-bond donors (Lipinski definition) is 2. The van der Waals surface area contributed by atoms with E-state index in [1.807, 2.05) is 36.5 Å². The Morgan fingerprint density at radius 1 is 1.30 bits per heavy atom. The summed E-state index contributed by atoms with van der Waals surface area (Å²) in [6.45, 7) is 0.316. The van der Waals surface area contributed by atoms with Crippen molar-refractivity contribution in [3.8, 4) is 5.75 Å². The molecule has 1 aliphatic rings. The number of carbonyl (C=O) groups excluding carboxylic acids is 1. The molecule has 3 aromatic rings. The number of nitrogens with zero attached hydrogens (tertiary/aromatic N) is 1. The van der Waals surface area contributed by atoms with E-state index in [1.54, 1.807) is 18.3 Å². The van der Waals surface area contributed by atoms with E-state index in [1.165, 1.54) is 0 Å². The van der Waals surface area contributed by atoms with E-state index in [4.69, 9.17) is 27.9 Å². The number of aromatic amines is 1. The number of carbonyl (C=O) groups is 1. The summed E-state index contributed by atoms with van der Waals surface area (Å²) < 4.78 is 5.65. The van der Waals surface area contributed by atoms with Gasteiger partial charge in [-0.25, -0.2) is 5.43 Å². The minimum absolute atomic E-state index is 0.195. The van der Waals surface area contributed by atoms with Gasteiger partial charge in [0.1, 0.15) is 12.4 Å². The molecular formula is C20H15Cl2N3O2. The molecule has 0 fully saturated rings. The van der Waals surface area contributed by atoms with Gasteiger partial charge in [0, 0.05) is 33.3 Å². The van der Waals surface area contributed by atoms with E-state index < -0.39 is 0 Å². The fraction of sp³-hybridized carbons (Fsp3) is 0.100. The Bertz CT molecular complexity index is 1090. The average molecular weight is 400 g/mol. The zero-order chi connectivity index (χ0) is 18.8. The third-order valence-electron chi connectivity index (χ3n) is 4.21. The van der Waals surface area contributed by atoms with E-state index in [-0.39, 0.29) is 12.3 Å². The molecule has 27 heavy (non-hydrogen) atoms. The van der Waals surface area contributed by atoms with Crippen molar-refractivity contribution < 1.29 is 9.53 Å². The van der Waals surface area contributed by atoms with Crippen LogP contribution in [0.5, 0.6) is 5.75 Å². The zero-order valence-corrected chi connectivity index (χ0v) is 15.6. The highest BCUT2D eigenvalue weighted by Crippen LogP contribution is 2.36. The Morgan fingerprint density at radius 3 is 3.04 bits per heavy atom. The maximum absolute atomic E-state index is 12.2. The Hall–Kier alpha value is -2.76. The minimum atomic E-state index is -0.195. The quantitative estimate of drug-likeness (QED) is 0.497. The summed E-state index contributed by atoms with van der Waals surface area (Å²) >= 11 is 12.1. The number of amides is 1. The molecule has 0 spiro atoms. The van der Waals surface area contributed by atoms with Crippen LogP contribution >= 0.6 is 23.2 Å². The van der Waals surface area contributed by atoms with E-state index >= 15 is 0 Å². The second kappa shape index (κ2) is 7.47. The Balaban J connectivity index is 1.42. The van der Waals surface area contributed by atoms with Crippen molar-refractivity contribution in [2.75, 3.05) is 6.61 Å². The molecule has 0 unspecified atom stereocenters. The number of para-hydroxylation sites is 1. The molecule has 7 heteroatoms. The van der Waals surface area contributed by atoms with Gasteiger partial charge in [0.2, 0.25) is 5.91 Å². The highest BCUT2D eigenvalue weighted by Gasteiger charge is 2.15. The second-order valence-corrected chi connectivity index (χ2v) is 6.99. The van der Waals surface area contributed by atoms with Gasteiger partial charge in [-0.05, 0) is 29.8 Å². The van der Waals surface area contributed by atoms with Crippen molar-refractivity contribution in [2.45, 2.75) is 6.42 Å². The molecule has 2 N–H and O–H groups in total. The normalized spacial score (nSPS) is 13.3. The van der Waals surface area contributed by atoms with Gasteiger partial charge in [-0.15, -0.1) is 0 Å². The lowest BCUT2D eigenvalue weighted by atomic mass is 10.1. The number of hydrazone groups is 1. The number of rotatable bonds is 4. The maximum Gasteiger partial charge on any atom is 0.244 e. The van der Waals surface area contributed by atoms with Crippen molar-refractivity contribution in [3.63, 3.8) is 0 Å². The fourth-order valence-electron chi connectivity index (χ4n) is 2.99. The lowest BCUT2D eigenvalue weighted by Crippen LogP contribution is -2.20. The fourth-order valence-corrected chi connectivity index (χ4v) is 3.55. The first-order valence-electron chi connectivity index (χ1n) is 8.29. The highest BCUT2D eigenvalue weighted by atomic mass is 35.5. The average Bonchev–Trinajstić information content (AvgIpc) is 3.04. The van der Waals surface area contributed by atoms with Crippen LogP contribution in [0.1, 0.15) is 11.1 Å².